The summed E-state index contributed by atoms with van der Waals surface area (Å²) in [6, 6.07) is 5.45. The molecule has 0 atom stereocenters. The summed E-state index contributed by atoms with van der Waals surface area (Å²) in [5.74, 6) is -0.236. The van der Waals surface area contributed by atoms with Crippen LogP contribution in [-0.4, -0.2) is 23.3 Å². The Labute approximate surface area is 121 Å². The SMILES string of the molecule is O=C(CCNC(=O)c1ccsc1)NCc1ccncc1. The fraction of sp³-hybridized carbons (Fsp3) is 0.214. The molecular weight excluding hydrogens is 274 g/mol. The lowest BCUT2D eigenvalue weighted by Gasteiger charge is -2.06. The predicted molar refractivity (Wildman–Crippen MR) is 77.4 cm³/mol. The van der Waals surface area contributed by atoms with Crippen molar-refractivity contribution in [3.63, 3.8) is 0 Å². The lowest BCUT2D eigenvalue weighted by Crippen LogP contribution is -2.30. The molecule has 2 aromatic rings. The molecular formula is C14H15N3O2S. The van der Waals surface area contributed by atoms with Crippen molar-refractivity contribution in [3.05, 3.63) is 52.5 Å². The van der Waals surface area contributed by atoms with Crippen LogP contribution in [0.15, 0.2) is 41.4 Å². The van der Waals surface area contributed by atoms with Gasteiger partial charge in [0.05, 0.1) is 0 Å². The van der Waals surface area contributed by atoms with Gasteiger partial charge in [-0.05, 0) is 29.1 Å². The van der Waals surface area contributed by atoms with Crippen molar-refractivity contribution in [3.8, 4) is 0 Å². The van der Waals surface area contributed by atoms with E-state index in [0.29, 0.717) is 18.7 Å². The Morgan fingerprint density at radius 1 is 1.15 bits per heavy atom. The van der Waals surface area contributed by atoms with E-state index in [9.17, 15) is 9.59 Å². The number of rotatable bonds is 6. The van der Waals surface area contributed by atoms with Crippen LogP contribution in [0.1, 0.15) is 22.3 Å². The summed E-state index contributed by atoms with van der Waals surface area (Å²) in [4.78, 5) is 27.1. The second-order valence-electron chi connectivity index (χ2n) is 4.15. The first-order valence-corrected chi connectivity index (χ1v) is 7.16. The van der Waals surface area contributed by atoms with E-state index < -0.39 is 0 Å². The van der Waals surface area contributed by atoms with Crippen molar-refractivity contribution in [2.24, 2.45) is 0 Å². The molecule has 0 saturated carbocycles. The van der Waals surface area contributed by atoms with Crippen molar-refractivity contribution >= 4 is 23.2 Å². The molecule has 0 aliphatic carbocycles. The quantitative estimate of drug-likeness (QED) is 0.848. The predicted octanol–water partition coefficient (Wildman–Crippen LogP) is 1.58. The van der Waals surface area contributed by atoms with Gasteiger partial charge in [-0.2, -0.15) is 11.3 Å². The molecule has 2 heterocycles. The molecule has 0 radical (unpaired) electrons. The number of carbonyl (C=O) groups excluding carboxylic acids is 2. The molecule has 2 amide bonds. The van der Waals surface area contributed by atoms with Crippen LogP contribution in [0.2, 0.25) is 0 Å². The van der Waals surface area contributed by atoms with Gasteiger partial charge in [0.2, 0.25) is 5.91 Å². The summed E-state index contributed by atoms with van der Waals surface area (Å²) < 4.78 is 0. The van der Waals surface area contributed by atoms with Gasteiger partial charge in [0, 0.05) is 42.8 Å². The summed E-state index contributed by atoms with van der Waals surface area (Å²) in [5, 5.41) is 9.12. The number of hydrogen-bond donors (Lipinski definition) is 2. The van der Waals surface area contributed by atoms with Crippen LogP contribution in [0.4, 0.5) is 0 Å². The number of amides is 2. The Morgan fingerprint density at radius 2 is 1.95 bits per heavy atom. The van der Waals surface area contributed by atoms with Crippen LogP contribution in [-0.2, 0) is 11.3 Å². The third-order valence-electron chi connectivity index (χ3n) is 2.66. The van der Waals surface area contributed by atoms with E-state index in [1.807, 2.05) is 17.5 Å². The van der Waals surface area contributed by atoms with Crippen LogP contribution < -0.4 is 10.6 Å². The molecule has 2 N–H and O–H groups in total. The van der Waals surface area contributed by atoms with Crippen LogP contribution in [0.5, 0.6) is 0 Å². The molecule has 0 aromatic carbocycles. The lowest BCUT2D eigenvalue weighted by molar-refractivity contribution is -0.121. The van der Waals surface area contributed by atoms with Gasteiger partial charge in [-0.15, -0.1) is 0 Å². The number of nitrogens with one attached hydrogen (secondary N) is 2. The number of aromatic nitrogens is 1. The first kappa shape index (κ1) is 14.2. The van der Waals surface area contributed by atoms with E-state index in [0.717, 1.165) is 5.56 Å². The Hall–Kier alpha value is -2.21. The van der Waals surface area contributed by atoms with Gasteiger partial charge in [0.25, 0.3) is 5.91 Å². The summed E-state index contributed by atoms with van der Waals surface area (Å²) in [5.41, 5.74) is 1.63. The number of carbonyl (C=O) groups is 2. The Kier molecular flexibility index (Phi) is 5.25. The van der Waals surface area contributed by atoms with Crippen molar-refractivity contribution < 1.29 is 9.59 Å². The lowest BCUT2D eigenvalue weighted by atomic mass is 10.2. The van der Waals surface area contributed by atoms with E-state index in [2.05, 4.69) is 15.6 Å². The number of thiophene rings is 1. The number of nitrogens with zero attached hydrogens (tertiary/aromatic N) is 1. The van der Waals surface area contributed by atoms with Crippen molar-refractivity contribution in [2.45, 2.75) is 13.0 Å². The summed E-state index contributed by atoms with van der Waals surface area (Å²) in [7, 11) is 0. The smallest absolute Gasteiger partial charge is 0.252 e. The van der Waals surface area contributed by atoms with Gasteiger partial charge >= 0.3 is 0 Å². The van der Waals surface area contributed by atoms with E-state index in [-0.39, 0.29) is 18.2 Å². The Balaban J connectivity index is 1.64. The molecule has 0 unspecified atom stereocenters. The topological polar surface area (TPSA) is 71.1 Å². The van der Waals surface area contributed by atoms with Gasteiger partial charge in [0.15, 0.2) is 0 Å². The normalized spacial score (nSPS) is 10.0. The fourth-order valence-corrected chi connectivity index (χ4v) is 2.21. The minimum Gasteiger partial charge on any atom is -0.352 e. The maximum Gasteiger partial charge on any atom is 0.252 e. The van der Waals surface area contributed by atoms with Gasteiger partial charge in [-0.1, -0.05) is 0 Å². The molecule has 0 saturated heterocycles. The highest BCUT2D eigenvalue weighted by Crippen LogP contribution is 2.05. The zero-order valence-corrected chi connectivity index (χ0v) is 11.7. The fourth-order valence-electron chi connectivity index (χ4n) is 1.57. The highest BCUT2D eigenvalue weighted by atomic mass is 32.1. The third-order valence-corrected chi connectivity index (χ3v) is 3.34. The largest absolute Gasteiger partial charge is 0.352 e. The van der Waals surface area contributed by atoms with Crippen LogP contribution >= 0.6 is 11.3 Å². The Bertz CT molecular complexity index is 555. The molecule has 0 bridgehead atoms. The van der Waals surface area contributed by atoms with Crippen LogP contribution in [0, 0.1) is 0 Å². The molecule has 6 heteroatoms. The monoisotopic (exact) mass is 289 g/mol. The maximum atomic E-state index is 11.6. The highest BCUT2D eigenvalue weighted by Gasteiger charge is 2.06. The second kappa shape index (κ2) is 7.40. The average Bonchev–Trinajstić information content (AvgIpc) is 3.00. The standard InChI is InChI=1S/C14H15N3O2S/c18-13(17-9-11-1-5-15-6-2-11)3-7-16-14(19)12-4-8-20-10-12/h1-2,4-6,8,10H,3,7,9H2,(H,16,19)(H,17,18). The van der Waals surface area contributed by atoms with Gasteiger partial charge in [-0.3, -0.25) is 14.6 Å². The number of hydrogen-bond acceptors (Lipinski definition) is 4. The molecule has 2 aromatic heterocycles. The second-order valence-corrected chi connectivity index (χ2v) is 4.93. The summed E-state index contributed by atoms with van der Waals surface area (Å²) in [6.07, 6.45) is 3.63. The minimum atomic E-state index is -0.145. The van der Waals surface area contributed by atoms with Crippen LogP contribution in [0.25, 0.3) is 0 Å². The highest BCUT2D eigenvalue weighted by molar-refractivity contribution is 7.08. The van der Waals surface area contributed by atoms with Crippen molar-refractivity contribution in [2.75, 3.05) is 6.54 Å². The van der Waals surface area contributed by atoms with E-state index in [1.165, 1.54) is 11.3 Å². The molecule has 0 aliphatic rings. The van der Waals surface area contributed by atoms with Gasteiger partial charge in [-0.25, -0.2) is 0 Å². The average molecular weight is 289 g/mol. The molecule has 104 valence electrons. The first-order valence-electron chi connectivity index (χ1n) is 6.21. The first-order chi connectivity index (χ1) is 9.75. The summed E-state index contributed by atoms with van der Waals surface area (Å²) >= 11 is 1.47. The zero-order chi connectivity index (χ0) is 14.2. The van der Waals surface area contributed by atoms with Crippen molar-refractivity contribution in [1.82, 2.24) is 15.6 Å². The third kappa shape index (κ3) is 4.47. The molecule has 0 fully saturated rings. The van der Waals surface area contributed by atoms with Gasteiger partial charge < -0.3 is 10.6 Å². The Morgan fingerprint density at radius 3 is 2.65 bits per heavy atom. The molecule has 2 rings (SSSR count). The number of pyridine rings is 1. The molecule has 5 nitrogen and oxygen atoms in total. The molecule has 0 aliphatic heterocycles. The zero-order valence-electron chi connectivity index (χ0n) is 10.8. The van der Waals surface area contributed by atoms with Crippen LogP contribution in [0.3, 0.4) is 0 Å². The van der Waals surface area contributed by atoms with E-state index >= 15 is 0 Å². The van der Waals surface area contributed by atoms with Gasteiger partial charge in [0.1, 0.15) is 0 Å². The summed E-state index contributed by atoms with van der Waals surface area (Å²) in [6.45, 7) is 0.802. The minimum absolute atomic E-state index is 0.0903. The van der Waals surface area contributed by atoms with Crippen molar-refractivity contribution in [1.29, 1.82) is 0 Å². The molecule has 20 heavy (non-hydrogen) atoms. The van der Waals surface area contributed by atoms with E-state index in [1.54, 1.807) is 23.8 Å². The maximum absolute atomic E-state index is 11.6. The molecule has 0 spiro atoms. The van der Waals surface area contributed by atoms with E-state index in [4.69, 9.17) is 0 Å².